The molecule has 0 aromatic heterocycles. The van der Waals surface area contributed by atoms with Crippen LogP contribution in [0.3, 0.4) is 0 Å². The summed E-state index contributed by atoms with van der Waals surface area (Å²) in [6.45, 7) is 5.26. The molecule has 0 unspecified atom stereocenters. The highest BCUT2D eigenvalue weighted by Gasteiger charge is 2.42. The van der Waals surface area contributed by atoms with Crippen molar-refractivity contribution in [1.29, 1.82) is 0 Å². The van der Waals surface area contributed by atoms with Crippen molar-refractivity contribution in [3.63, 3.8) is 0 Å². The van der Waals surface area contributed by atoms with E-state index in [2.05, 4.69) is 5.32 Å². The normalized spacial score (nSPS) is 13.3. The average molecular weight is 447 g/mol. The van der Waals surface area contributed by atoms with Crippen molar-refractivity contribution >= 4 is 19.5 Å². The van der Waals surface area contributed by atoms with Crippen LogP contribution in [0, 0.1) is 0 Å². The Hall–Kier alpha value is -2.47. The summed E-state index contributed by atoms with van der Waals surface area (Å²) < 4.78 is 29.5. The van der Waals surface area contributed by atoms with Gasteiger partial charge in [-0.25, -0.2) is 4.79 Å². The quantitative estimate of drug-likeness (QED) is 0.389. The van der Waals surface area contributed by atoms with E-state index in [0.717, 1.165) is 11.1 Å². The molecule has 0 spiro atoms. The fourth-order valence-corrected chi connectivity index (χ4v) is 4.94. The summed E-state index contributed by atoms with van der Waals surface area (Å²) in [5.74, 6) is -1.17. The molecule has 0 radical (unpaired) electrons. The number of carbonyl (C=O) groups excluding carboxylic acids is 2. The minimum absolute atomic E-state index is 0.101. The SMILES string of the molecule is CCOP(=O)(OCC)[C@@H](Cc1ccccc1)C(=O)N[C@@H](C)C(=O)OCc1ccccc1. The van der Waals surface area contributed by atoms with Gasteiger partial charge in [0.15, 0.2) is 0 Å². The molecule has 0 heterocycles. The van der Waals surface area contributed by atoms with Gasteiger partial charge in [0.05, 0.1) is 13.2 Å². The summed E-state index contributed by atoms with van der Waals surface area (Å²) in [5, 5.41) is 2.61. The van der Waals surface area contributed by atoms with Gasteiger partial charge in [-0.1, -0.05) is 60.7 Å². The smallest absolute Gasteiger partial charge is 0.343 e. The largest absolute Gasteiger partial charge is 0.459 e. The molecule has 0 aliphatic heterocycles. The Morgan fingerprint density at radius 1 is 0.903 bits per heavy atom. The van der Waals surface area contributed by atoms with Crippen LogP contribution >= 0.6 is 7.60 Å². The van der Waals surface area contributed by atoms with E-state index < -0.39 is 31.2 Å². The van der Waals surface area contributed by atoms with Crippen molar-refractivity contribution in [3.8, 4) is 0 Å². The molecule has 0 aliphatic rings. The van der Waals surface area contributed by atoms with Crippen LogP contribution in [0.25, 0.3) is 0 Å². The van der Waals surface area contributed by atoms with Gasteiger partial charge >= 0.3 is 13.6 Å². The second-order valence-corrected chi connectivity index (χ2v) is 9.12. The molecule has 7 nitrogen and oxygen atoms in total. The summed E-state index contributed by atoms with van der Waals surface area (Å²) in [5.41, 5.74) is 0.550. The van der Waals surface area contributed by atoms with Crippen LogP contribution in [0.1, 0.15) is 31.9 Å². The predicted octanol–water partition coefficient (Wildman–Crippen LogP) is 4.11. The lowest BCUT2D eigenvalue weighted by atomic mass is 10.1. The molecule has 168 valence electrons. The second kappa shape index (κ2) is 12.4. The van der Waals surface area contributed by atoms with E-state index in [1.165, 1.54) is 6.92 Å². The van der Waals surface area contributed by atoms with Gasteiger partial charge in [0.2, 0.25) is 5.91 Å². The molecule has 2 aromatic rings. The Labute approximate surface area is 183 Å². The highest BCUT2D eigenvalue weighted by Crippen LogP contribution is 2.54. The third-order valence-electron chi connectivity index (χ3n) is 4.51. The minimum atomic E-state index is -3.76. The van der Waals surface area contributed by atoms with Crippen molar-refractivity contribution in [1.82, 2.24) is 5.32 Å². The molecule has 0 bridgehead atoms. The summed E-state index contributed by atoms with van der Waals surface area (Å²) in [6, 6.07) is 17.5. The first-order valence-electron chi connectivity index (χ1n) is 10.3. The number of esters is 1. The Balaban J connectivity index is 2.11. The molecule has 1 amide bonds. The number of nitrogens with one attached hydrogen (secondary N) is 1. The highest BCUT2D eigenvalue weighted by atomic mass is 31.2. The molecule has 2 aromatic carbocycles. The molecule has 0 fully saturated rings. The average Bonchev–Trinajstić information content (AvgIpc) is 2.77. The van der Waals surface area contributed by atoms with E-state index in [9.17, 15) is 14.2 Å². The standard InChI is InChI=1S/C23H30NO6P/c1-4-29-31(27,30-5-2)21(16-19-12-8-6-9-13-19)22(25)24-18(3)23(26)28-17-20-14-10-7-11-15-20/h6-15,18,21H,4-5,16-17H2,1-3H3,(H,24,25)/t18-,21-/m0/s1. The molecule has 0 saturated heterocycles. The van der Waals surface area contributed by atoms with Crippen LogP contribution in [0.15, 0.2) is 60.7 Å². The Morgan fingerprint density at radius 2 is 1.42 bits per heavy atom. The number of hydrogen-bond donors (Lipinski definition) is 1. The van der Waals surface area contributed by atoms with Gasteiger partial charge in [-0.3, -0.25) is 9.36 Å². The number of carbonyl (C=O) groups is 2. The molecule has 2 rings (SSSR count). The molecule has 8 heteroatoms. The summed E-state index contributed by atoms with van der Waals surface area (Å²) in [6.07, 6.45) is 0.149. The lowest BCUT2D eigenvalue weighted by Gasteiger charge is -2.26. The third kappa shape index (κ3) is 7.62. The van der Waals surface area contributed by atoms with Gasteiger partial charge in [0.25, 0.3) is 0 Å². The molecule has 1 N–H and O–H groups in total. The first-order chi connectivity index (χ1) is 14.9. The van der Waals surface area contributed by atoms with Crippen LogP contribution in [-0.4, -0.2) is 36.8 Å². The fraction of sp³-hybridized carbons (Fsp3) is 0.391. The van der Waals surface area contributed by atoms with Crippen LogP contribution in [-0.2, 0) is 41.0 Å². The molecular weight excluding hydrogens is 417 g/mol. The van der Waals surface area contributed by atoms with Crippen molar-refractivity contribution in [3.05, 3.63) is 71.8 Å². The zero-order valence-corrected chi connectivity index (χ0v) is 19.0. The third-order valence-corrected chi connectivity index (χ3v) is 6.93. The first kappa shape index (κ1) is 24.8. The van der Waals surface area contributed by atoms with E-state index in [1.54, 1.807) is 13.8 Å². The number of rotatable bonds is 12. The molecule has 2 atom stereocenters. The number of benzene rings is 2. The Bertz CT molecular complexity index is 864. The minimum Gasteiger partial charge on any atom is -0.459 e. The van der Waals surface area contributed by atoms with Crippen molar-refractivity contribution < 1.29 is 27.9 Å². The number of hydrogen-bond acceptors (Lipinski definition) is 6. The molecule has 31 heavy (non-hydrogen) atoms. The maximum Gasteiger partial charge on any atom is 0.343 e. The molecular formula is C23H30NO6P. The van der Waals surface area contributed by atoms with Gasteiger partial charge in [0, 0.05) is 0 Å². The van der Waals surface area contributed by atoms with Crippen LogP contribution < -0.4 is 5.32 Å². The van der Waals surface area contributed by atoms with Gasteiger partial charge < -0.3 is 19.1 Å². The maximum atomic E-state index is 13.4. The van der Waals surface area contributed by atoms with Crippen molar-refractivity contribution in [2.45, 2.75) is 45.5 Å². The van der Waals surface area contributed by atoms with Crippen LogP contribution in [0.4, 0.5) is 0 Å². The topological polar surface area (TPSA) is 90.9 Å². The van der Waals surface area contributed by atoms with Crippen LogP contribution in [0.5, 0.6) is 0 Å². The molecule has 0 saturated carbocycles. The van der Waals surface area contributed by atoms with Gasteiger partial charge in [-0.2, -0.15) is 0 Å². The summed E-state index contributed by atoms with van der Waals surface area (Å²) in [4.78, 5) is 25.4. The predicted molar refractivity (Wildman–Crippen MR) is 119 cm³/mol. The van der Waals surface area contributed by atoms with Gasteiger partial charge in [-0.05, 0) is 38.3 Å². The van der Waals surface area contributed by atoms with Crippen LogP contribution in [0.2, 0.25) is 0 Å². The highest BCUT2D eigenvalue weighted by molar-refractivity contribution is 7.55. The second-order valence-electron chi connectivity index (χ2n) is 6.90. The van der Waals surface area contributed by atoms with Gasteiger partial charge in [0.1, 0.15) is 18.3 Å². The summed E-state index contributed by atoms with van der Waals surface area (Å²) >= 11 is 0. The van der Waals surface area contributed by atoms with E-state index in [-0.39, 0.29) is 26.2 Å². The van der Waals surface area contributed by atoms with E-state index in [0.29, 0.717) is 0 Å². The fourth-order valence-electron chi connectivity index (χ4n) is 2.98. The van der Waals surface area contributed by atoms with E-state index in [4.69, 9.17) is 13.8 Å². The van der Waals surface area contributed by atoms with Gasteiger partial charge in [-0.15, -0.1) is 0 Å². The Morgan fingerprint density at radius 3 is 1.94 bits per heavy atom. The number of ether oxygens (including phenoxy) is 1. The lowest BCUT2D eigenvalue weighted by Crippen LogP contribution is -2.45. The summed E-state index contributed by atoms with van der Waals surface area (Å²) in [7, 11) is -3.76. The molecule has 0 aliphatic carbocycles. The monoisotopic (exact) mass is 447 g/mol. The van der Waals surface area contributed by atoms with E-state index in [1.807, 2.05) is 60.7 Å². The van der Waals surface area contributed by atoms with E-state index >= 15 is 0 Å². The zero-order valence-electron chi connectivity index (χ0n) is 18.2. The van der Waals surface area contributed by atoms with Crippen molar-refractivity contribution in [2.75, 3.05) is 13.2 Å². The lowest BCUT2D eigenvalue weighted by molar-refractivity contribution is -0.148. The zero-order chi connectivity index (χ0) is 22.7. The van der Waals surface area contributed by atoms with Crippen molar-refractivity contribution in [2.24, 2.45) is 0 Å². The first-order valence-corrected chi connectivity index (χ1v) is 11.9. The number of amides is 1. The maximum absolute atomic E-state index is 13.4. The Kier molecular flexibility index (Phi) is 9.92.